The Morgan fingerprint density at radius 2 is 1.95 bits per heavy atom. The van der Waals surface area contributed by atoms with Crippen molar-refractivity contribution in [3.8, 4) is 0 Å². The summed E-state index contributed by atoms with van der Waals surface area (Å²) in [5.74, 6) is 0.302. The molecule has 1 unspecified atom stereocenters. The summed E-state index contributed by atoms with van der Waals surface area (Å²) in [5, 5.41) is 2.64. The van der Waals surface area contributed by atoms with Gasteiger partial charge in [0.15, 0.2) is 0 Å². The summed E-state index contributed by atoms with van der Waals surface area (Å²) in [6.45, 7) is 2.08. The van der Waals surface area contributed by atoms with Gasteiger partial charge in [-0.05, 0) is 49.9 Å². The van der Waals surface area contributed by atoms with Gasteiger partial charge in [-0.3, -0.25) is 9.59 Å². The highest BCUT2D eigenvalue weighted by Gasteiger charge is 2.32. The minimum Gasteiger partial charge on any atom is -0.399 e. The van der Waals surface area contributed by atoms with Crippen LogP contribution in [0.3, 0.4) is 0 Å². The van der Waals surface area contributed by atoms with Crippen molar-refractivity contribution in [3.63, 3.8) is 0 Å². The number of likely N-dealkylation sites (N-methyl/N-ethyl adjacent to an activating group) is 1. The first kappa shape index (κ1) is 14.4. The highest BCUT2D eigenvalue weighted by Crippen LogP contribution is 2.34. The van der Waals surface area contributed by atoms with Crippen molar-refractivity contribution in [3.05, 3.63) is 29.8 Å². The van der Waals surface area contributed by atoms with Crippen LogP contribution in [0.1, 0.15) is 30.1 Å². The molecule has 108 valence electrons. The summed E-state index contributed by atoms with van der Waals surface area (Å²) in [4.78, 5) is 25.6. The third kappa shape index (κ3) is 3.50. The number of carbonyl (C=O) groups excluding carboxylic acids is 2. The molecule has 1 atom stereocenters. The maximum absolute atomic E-state index is 12.0. The Hall–Kier alpha value is -2.04. The fourth-order valence-corrected chi connectivity index (χ4v) is 2.14. The van der Waals surface area contributed by atoms with E-state index in [1.807, 2.05) is 0 Å². The predicted molar refractivity (Wildman–Crippen MR) is 78.1 cm³/mol. The topological polar surface area (TPSA) is 75.4 Å². The fraction of sp³-hybridized carbons (Fsp3) is 0.467. The Kier molecular flexibility index (Phi) is 4.27. The molecule has 1 aliphatic carbocycles. The smallest absolute Gasteiger partial charge is 0.251 e. The van der Waals surface area contributed by atoms with Gasteiger partial charge in [-0.25, -0.2) is 0 Å². The molecule has 5 nitrogen and oxygen atoms in total. The first-order chi connectivity index (χ1) is 9.49. The third-order valence-electron chi connectivity index (χ3n) is 3.88. The van der Waals surface area contributed by atoms with Gasteiger partial charge < -0.3 is 16.0 Å². The van der Waals surface area contributed by atoms with E-state index in [9.17, 15) is 9.59 Å². The van der Waals surface area contributed by atoms with E-state index in [4.69, 9.17) is 5.73 Å². The number of amides is 2. The Balaban J connectivity index is 1.83. The molecule has 1 saturated carbocycles. The summed E-state index contributed by atoms with van der Waals surface area (Å²) in [6.07, 6.45) is 2.38. The number of nitrogens with two attached hydrogens (primary N) is 1. The lowest BCUT2D eigenvalue weighted by molar-refractivity contribution is -0.130. The Morgan fingerprint density at radius 3 is 2.50 bits per heavy atom. The molecule has 2 rings (SSSR count). The Bertz CT molecular complexity index is 494. The molecule has 1 aromatic carbocycles. The lowest BCUT2D eigenvalue weighted by atomic mass is 10.2. The molecular formula is C15H21N3O2. The quantitative estimate of drug-likeness (QED) is 0.794. The number of nitrogens with one attached hydrogen (secondary N) is 1. The summed E-state index contributed by atoms with van der Waals surface area (Å²) >= 11 is 0. The first-order valence-corrected chi connectivity index (χ1v) is 6.88. The molecule has 0 radical (unpaired) electrons. The van der Waals surface area contributed by atoms with Crippen LogP contribution >= 0.6 is 0 Å². The monoisotopic (exact) mass is 275 g/mol. The highest BCUT2D eigenvalue weighted by molar-refractivity contribution is 5.96. The summed E-state index contributed by atoms with van der Waals surface area (Å²) in [7, 11) is 1.79. The number of hydrogen-bond donors (Lipinski definition) is 2. The zero-order chi connectivity index (χ0) is 14.7. The number of nitrogen functional groups attached to an aromatic ring is 1. The van der Waals surface area contributed by atoms with Crippen LogP contribution < -0.4 is 11.1 Å². The third-order valence-corrected chi connectivity index (χ3v) is 3.88. The van der Waals surface area contributed by atoms with Crippen LogP contribution in [0.5, 0.6) is 0 Å². The van der Waals surface area contributed by atoms with Gasteiger partial charge in [0.2, 0.25) is 5.91 Å². The normalized spacial score (nSPS) is 15.5. The largest absolute Gasteiger partial charge is 0.399 e. The summed E-state index contributed by atoms with van der Waals surface area (Å²) in [6, 6.07) is 6.86. The van der Waals surface area contributed by atoms with Gasteiger partial charge in [0, 0.05) is 24.3 Å². The lowest BCUT2D eigenvalue weighted by Gasteiger charge is -2.25. The van der Waals surface area contributed by atoms with Crippen LogP contribution in [0.15, 0.2) is 24.3 Å². The van der Waals surface area contributed by atoms with Crippen molar-refractivity contribution in [2.45, 2.75) is 25.8 Å². The minimum absolute atomic E-state index is 0.0246. The van der Waals surface area contributed by atoms with Crippen LogP contribution in [0.2, 0.25) is 0 Å². The van der Waals surface area contributed by atoms with E-state index in [-0.39, 0.29) is 24.4 Å². The molecule has 0 aromatic heterocycles. The number of anilines is 1. The molecule has 0 heterocycles. The van der Waals surface area contributed by atoms with Crippen LogP contribution in [0.25, 0.3) is 0 Å². The maximum atomic E-state index is 12.0. The minimum atomic E-state index is -0.258. The van der Waals surface area contributed by atoms with Gasteiger partial charge in [0.05, 0.1) is 6.54 Å². The van der Waals surface area contributed by atoms with E-state index in [2.05, 4.69) is 12.2 Å². The molecule has 0 spiro atoms. The second-order valence-electron chi connectivity index (χ2n) is 5.39. The molecule has 0 aliphatic heterocycles. The fourth-order valence-electron chi connectivity index (χ4n) is 2.14. The van der Waals surface area contributed by atoms with E-state index in [0.717, 1.165) is 0 Å². The molecular weight excluding hydrogens is 254 g/mol. The maximum Gasteiger partial charge on any atom is 0.251 e. The zero-order valence-electron chi connectivity index (χ0n) is 11.9. The van der Waals surface area contributed by atoms with Gasteiger partial charge in [0.25, 0.3) is 5.91 Å². The molecule has 0 saturated heterocycles. The second-order valence-corrected chi connectivity index (χ2v) is 5.39. The molecule has 1 fully saturated rings. The van der Waals surface area contributed by atoms with Crippen molar-refractivity contribution in [2.75, 3.05) is 19.3 Å². The van der Waals surface area contributed by atoms with Crippen LogP contribution in [-0.4, -0.2) is 36.3 Å². The van der Waals surface area contributed by atoms with E-state index in [0.29, 0.717) is 17.2 Å². The molecule has 3 N–H and O–H groups in total. The lowest BCUT2D eigenvalue weighted by Crippen LogP contribution is -2.43. The molecule has 2 amide bonds. The van der Waals surface area contributed by atoms with Gasteiger partial charge in [0.1, 0.15) is 0 Å². The number of rotatable bonds is 5. The standard InChI is InChI=1S/C15H21N3O2/c1-10(11-3-4-11)18(2)14(19)9-17-15(20)12-5-7-13(16)8-6-12/h5-8,10-11H,3-4,9,16H2,1-2H3,(H,17,20). The average Bonchev–Trinajstić information content (AvgIpc) is 3.28. The summed E-state index contributed by atoms with van der Waals surface area (Å²) in [5.41, 5.74) is 6.68. The van der Waals surface area contributed by atoms with E-state index in [1.54, 1.807) is 36.2 Å². The zero-order valence-corrected chi connectivity index (χ0v) is 11.9. The van der Waals surface area contributed by atoms with E-state index in [1.165, 1.54) is 12.8 Å². The molecule has 1 aromatic rings. The number of hydrogen-bond acceptors (Lipinski definition) is 3. The molecule has 5 heteroatoms. The Labute approximate surface area is 119 Å². The predicted octanol–water partition coefficient (Wildman–Crippen LogP) is 1.26. The van der Waals surface area contributed by atoms with Crippen LogP contribution in [0.4, 0.5) is 5.69 Å². The van der Waals surface area contributed by atoms with Gasteiger partial charge in [-0.1, -0.05) is 0 Å². The molecule has 0 bridgehead atoms. The second kappa shape index (κ2) is 5.94. The van der Waals surface area contributed by atoms with E-state index < -0.39 is 0 Å². The van der Waals surface area contributed by atoms with Crippen molar-refractivity contribution in [1.29, 1.82) is 0 Å². The summed E-state index contributed by atoms with van der Waals surface area (Å²) < 4.78 is 0. The van der Waals surface area contributed by atoms with Crippen LogP contribution in [-0.2, 0) is 4.79 Å². The van der Waals surface area contributed by atoms with Crippen molar-refractivity contribution >= 4 is 17.5 Å². The van der Waals surface area contributed by atoms with Gasteiger partial charge >= 0.3 is 0 Å². The number of nitrogens with zero attached hydrogens (tertiary/aromatic N) is 1. The van der Waals surface area contributed by atoms with Gasteiger partial charge in [-0.2, -0.15) is 0 Å². The average molecular weight is 275 g/mol. The SMILES string of the molecule is CC(C1CC1)N(C)C(=O)CNC(=O)c1ccc(N)cc1. The first-order valence-electron chi connectivity index (χ1n) is 6.88. The molecule has 1 aliphatic rings. The number of carbonyl (C=O) groups is 2. The Morgan fingerprint density at radius 1 is 1.35 bits per heavy atom. The van der Waals surface area contributed by atoms with Crippen molar-refractivity contribution in [2.24, 2.45) is 5.92 Å². The van der Waals surface area contributed by atoms with Crippen molar-refractivity contribution < 1.29 is 9.59 Å². The van der Waals surface area contributed by atoms with Crippen LogP contribution in [0, 0.1) is 5.92 Å². The van der Waals surface area contributed by atoms with E-state index >= 15 is 0 Å². The highest BCUT2D eigenvalue weighted by atomic mass is 16.2. The van der Waals surface area contributed by atoms with Gasteiger partial charge in [-0.15, -0.1) is 0 Å². The number of benzene rings is 1. The molecule has 20 heavy (non-hydrogen) atoms. The van der Waals surface area contributed by atoms with Crippen molar-refractivity contribution in [1.82, 2.24) is 10.2 Å².